The SMILES string of the molecule is CCCC/C=C\CCCCCCCC(=O)CCCCc1ccc(O)c(O)c1. The first-order valence-corrected chi connectivity index (χ1v) is 10.8. The van der Waals surface area contributed by atoms with Crippen molar-refractivity contribution in [2.24, 2.45) is 0 Å². The number of ketones is 1. The molecule has 0 amide bonds. The third-order valence-electron chi connectivity index (χ3n) is 4.93. The summed E-state index contributed by atoms with van der Waals surface area (Å²) in [6.07, 6.45) is 19.6. The Bertz CT molecular complexity index is 549. The van der Waals surface area contributed by atoms with Crippen molar-refractivity contribution < 1.29 is 15.0 Å². The van der Waals surface area contributed by atoms with Crippen LogP contribution in [0.25, 0.3) is 0 Å². The molecule has 0 atom stereocenters. The molecule has 1 aromatic rings. The van der Waals surface area contributed by atoms with Crippen LogP contribution < -0.4 is 0 Å². The lowest BCUT2D eigenvalue weighted by molar-refractivity contribution is -0.119. The summed E-state index contributed by atoms with van der Waals surface area (Å²) < 4.78 is 0. The molecule has 0 saturated heterocycles. The molecule has 27 heavy (non-hydrogen) atoms. The Morgan fingerprint density at radius 3 is 2.15 bits per heavy atom. The van der Waals surface area contributed by atoms with Gasteiger partial charge in [-0.25, -0.2) is 0 Å². The van der Waals surface area contributed by atoms with Gasteiger partial charge in [-0.3, -0.25) is 4.79 Å². The quantitative estimate of drug-likeness (QED) is 0.189. The van der Waals surface area contributed by atoms with E-state index in [1.54, 1.807) is 6.07 Å². The standard InChI is InChI=1S/C24H38O3/c1-2-3-4-5-6-7-8-9-10-11-12-16-22(25)17-14-13-15-21-18-19-23(26)24(27)20-21/h5-6,18-20,26-27H,2-4,7-17H2,1H3/b6-5-. The molecule has 0 aliphatic heterocycles. The number of unbranched alkanes of at least 4 members (excludes halogenated alkanes) is 8. The van der Waals surface area contributed by atoms with Gasteiger partial charge in [-0.2, -0.15) is 0 Å². The number of benzene rings is 1. The Kier molecular flexibility index (Phi) is 13.2. The third kappa shape index (κ3) is 12.3. The first-order chi connectivity index (χ1) is 13.1. The van der Waals surface area contributed by atoms with Gasteiger partial charge in [-0.05, 0) is 62.6 Å². The number of carbonyl (C=O) groups is 1. The maximum absolute atomic E-state index is 11.9. The molecule has 3 nitrogen and oxygen atoms in total. The average Bonchev–Trinajstić information content (AvgIpc) is 2.66. The van der Waals surface area contributed by atoms with Crippen molar-refractivity contribution >= 4 is 5.78 Å². The van der Waals surface area contributed by atoms with Crippen LogP contribution in [0.4, 0.5) is 0 Å². The predicted molar refractivity (Wildman–Crippen MR) is 113 cm³/mol. The highest BCUT2D eigenvalue weighted by molar-refractivity contribution is 5.78. The molecule has 0 aliphatic rings. The van der Waals surface area contributed by atoms with E-state index in [9.17, 15) is 15.0 Å². The fourth-order valence-corrected chi connectivity index (χ4v) is 3.17. The Labute approximate surface area is 165 Å². The fraction of sp³-hybridized carbons (Fsp3) is 0.625. The van der Waals surface area contributed by atoms with Gasteiger partial charge in [0.15, 0.2) is 11.5 Å². The third-order valence-corrected chi connectivity index (χ3v) is 4.93. The minimum atomic E-state index is -0.0858. The van der Waals surface area contributed by atoms with Gasteiger partial charge >= 0.3 is 0 Å². The van der Waals surface area contributed by atoms with Gasteiger partial charge in [0.2, 0.25) is 0 Å². The van der Waals surface area contributed by atoms with E-state index >= 15 is 0 Å². The molecular weight excluding hydrogens is 336 g/mol. The first kappa shape index (κ1) is 23.3. The van der Waals surface area contributed by atoms with Crippen molar-refractivity contribution in [3.05, 3.63) is 35.9 Å². The molecular formula is C24H38O3. The fourth-order valence-electron chi connectivity index (χ4n) is 3.17. The van der Waals surface area contributed by atoms with Crippen LogP contribution in [-0.4, -0.2) is 16.0 Å². The number of phenolic OH excluding ortho intramolecular Hbond substituents is 2. The van der Waals surface area contributed by atoms with Gasteiger partial charge in [-0.15, -0.1) is 0 Å². The second-order valence-electron chi connectivity index (χ2n) is 7.49. The van der Waals surface area contributed by atoms with Gasteiger partial charge in [0, 0.05) is 12.8 Å². The first-order valence-electron chi connectivity index (χ1n) is 10.8. The highest BCUT2D eigenvalue weighted by Gasteiger charge is 2.04. The summed E-state index contributed by atoms with van der Waals surface area (Å²) in [6, 6.07) is 4.93. The normalized spacial score (nSPS) is 11.3. The van der Waals surface area contributed by atoms with Gasteiger partial charge in [0.25, 0.3) is 0 Å². The minimum absolute atomic E-state index is 0.0731. The molecule has 0 aromatic heterocycles. The zero-order valence-corrected chi connectivity index (χ0v) is 17.1. The second-order valence-corrected chi connectivity index (χ2v) is 7.49. The van der Waals surface area contributed by atoms with Crippen LogP contribution in [0.5, 0.6) is 11.5 Å². The van der Waals surface area contributed by atoms with Crippen molar-refractivity contribution in [2.75, 3.05) is 0 Å². The lowest BCUT2D eigenvalue weighted by Gasteiger charge is -2.04. The van der Waals surface area contributed by atoms with E-state index in [0.717, 1.165) is 44.1 Å². The highest BCUT2D eigenvalue weighted by Crippen LogP contribution is 2.25. The smallest absolute Gasteiger partial charge is 0.157 e. The molecule has 0 heterocycles. The van der Waals surface area contributed by atoms with E-state index in [2.05, 4.69) is 19.1 Å². The number of Topliss-reactive ketones (excluding diaryl/α,β-unsaturated/α-hetero) is 1. The lowest BCUT2D eigenvalue weighted by Crippen LogP contribution is -1.98. The number of allylic oxidation sites excluding steroid dienone is 2. The summed E-state index contributed by atoms with van der Waals surface area (Å²) in [7, 11) is 0. The molecule has 1 rings (SSSR count). The molecule has 3 heteroatoms. The molecule has 0 aliphatic carbocycles. The number of aromatic hydroxyl groups is 2. The Morgan fingerprint density at radius 2 is 1.44 bits per heavy atom. The van der Waals surface area contributed by atoms with Crippen LogP contribution in [0.1, 0.15) is 96.0 Å². The number of carbonyl (C=O) groups excluding carboxylic acids is 1. The van der Waals surface area contributed by atoms with E-state index in [-0.39, 0.29) is 11.5 Å². The number of phenols is 2. The van der Waals surface area contributed by atoms with E-state index in [4.69, 9.17) is 0 Å². The van der Waals surface area contributed by atoms with Crippen LogP contribution in [0, 0.1) is 0 Å². The van der Waals surface area contributed by atoms with Gasteiger partial charge < -0.3 is 10.2 Å². The molecule has 2 N–H and O–H groups in total. The maximum Gasteiger partial charge on any atom is 0.157 e. The van der Waals surface area contributed by atoms with Gasteiger partial charge in [0.1, 0.15) is 5.78 Å². The zero-order valence-electron chi connectivity index (χ0n) is 17.1. The lowest BCUT2D eigenvalue weighted by atomic mass is 10.0. The van der Waals surface area contributed by atoms with Crippen LogP contribution in [0.2, 0.25) is 0 Å². The van der Waals surface area contributed by atoms with Crippen LogP contribution in [0.3, 0.4) is 0 Å². The van der Waals surface area contributed by atoms with E-state index in [1.807, 2.05) is 6.07 Å². The van der Waals surface area contributed by atoms with Gasteiger partial charge in [-0.1, -0.05) is 57.2 Å². The van der Waals surface area contributed by atoms with Crippen LogP contribution in [0.15, 0.2) is 30.4 Å². The van der Waals surface area contributed by atoms with Crippen LogP contribution in [-0.2, 0) is 11.2 Å². The Balaban J connectivity index is 1.92. The number of hydrogen-bond donors (Lipinski definition) is 2. The summed E-state index contributed by atoms with van der Waals surface area (Å²) in [6.45, 7) is 2.23. The van der Waals surface area contributed by atoms with E-state index < -0.39 is 0 Å². The van der Waals surface area contributed by atoms with Crippen molar-refractivity contribution in [3.8, 4) is 11.5 Å². The van der Waals surface area contributed by atoms with Crippen molar-refractivity contribution in [3.63, 3.8) is 0 Å². The number of rotatable bonds is 16. The van der Waals surface area contributed by atoms with Crippen molar-refractivity contribution in [1.29, 1.82) is 0 Å². The predicted octanol–water partition coefficient (Wildman–Crippen LogP) is 6.86. The van der Waals surface area contributed by atoms with E-state index in [1.165, 1.54) is 51.0 Å². The topological polar surface area (TPSA) is 57.5 Å². The summed E-state index contributed by atoms with van der Waals surface area (Å²) in [5.41, 5.74) is 0.998. The second kappa shape index (κ2) is 15.3. The largest absolute Gasteiger partial charge is 0.504 e. The average molecular weight is 375 g/mol. The summed E-state index contributed by atoms with van der Waals surface area (Å²) >= 11 is 0. The van der Waals surface area contributed by atoms with Crippen molar-refractivity contribution in [1.82, 2.24) is 0 Å². The van der Waals surface area contributed by atoms with E-state index in [0.29, 0.717) is 12.2 Å². The summed E-state index contributed by atoms with van der Waals surface area (Å²) in [5.74, 6) is 0.218. The molecule has 0 spiro atoms. The number of aryl methyl sites for hydroxylation is 1. The molecule has 1 aromatic carbocycles. The number of hydrogen-bond acceptors (Lipinski definition) is 3. The molecule has 0 bridgehead atoms. The molecule has 152 valence electrons. The van der Waals surface area contributed by atoms with Crippen LogP contribution >= 0.6 is 0 Å². The zero-order chi connectivity index (χ0) is 19.7. The summed E-state index contributed by atoms with van der Waals surface area (Å²) in [5, 5.41) is 18.8. The molecule has 0 saturated carbocycles. The van der Waals surface area contributed by atoms with Gasteiger partial charge in [0.05, 0.1) is 0 Å². The Morgan fingerprint density at radius 1 is 0.815 bits per heavy atom. The summed E-state index contributed by atoms with van der Waals surface area (Å²) in [4.78, 5) is 11.9. The maximum atomic E-state index is 11.9. The van der Waals surface area contributed by atoms with Crippen molar-refractivity contribution in [2.45, 2.75) is 96.8 Å². The molecule has 0 fully saturated rings. The molecule has 0 unspecified atom stereocenters. The minimum Gasteiger partial charge on any atom is -0.504 e. The Hall–Kier alpha value is -1.77. The molecule has 0 radical (unpaired) electrons. The highest BCUT2D eigenvalue weighted by atomic mass is 16.3. The monoisotopic (exact) mass is 374 g/mol.